The van der Waals surface area contributed by atoms with Gasteiger partial charge in [0.15, 0.2) is 0 Å². The van der Waals surface area contributed by atoms with Gasteiger partial charge in [-0.1, -0.05) is 0 Å². The van der Waals surface area contributed by atoms with Crippen molar-refractivity contribution < 1.29 is 0 Å². The van der Waals surface area contributed by atoms with E-state index >= 15 is 0 Å². The van der Waals surface area contributed by atoms with Gasteiger partial charge in [-0.15, -0.1) is 11.3 Å². The summed E-state index contributed by atoms with van der Waals surface area (Å²) in [7, 11) is 1.92. The molecule has 0 saturated heterocycles. The van der Waals surface area contributed by atoms with Gasteiger partial charge >= 0.3 is 0 Å². The summed E-state index contributed by atoms with van der Waals surface area (Å²) in [6, 6.07) is 0. The van der Waals surface area contributed by atoms with Crippen molar-refractivity contribution in [1.82, 2.24) is 15.0 Å². The van der Waals surface area contributed by atoms with Crippen LogP contribution in [0.2, 0.25) is 0 Å². The molecule has 0 aliphatic heterocycles. The summed E-state index contributed by atoms with van der Waals surface area (Å²) < 4.78 is 1.17. The fourth-order valence-corrected chi connectivity index (χ4v) is 3.72. The average molecular weight is 386 g/mol. The van der Waals surface area contributed by atoms with Crippen molar-refractivity contribution in [2.45, 2.75) is 32.1 Å². The smallest absolute Gasteiger partial charge is 0.143 e. The minimum atomic E-state index is 0.638. The summed E-state index contributed by atoms with van der Waals surface area (Å²) in [5, 5.41) is 6.33. The Morgan fingerprint density at radius 3 is 2.74 bits per heavy atom. The monoisotopic (exact) mass is 386 g/mol. The molecule has 1 aliphatic carbocycles. The molecule has 19 heavy (non-hydrogen) atoms. The van der Waals surface area contributed by atoms with E-state index in [4.69, 9.17) is 4.98 Å². The zero-order valence-electron chi connectivity index (χ0n) is 10.9. The Hall–Kier alpha value is -0.760. The van der Waals surface area contributed by atoms with Gasteiger partial charge in [-0.3, -0.25) is 0 Å². The third-order valence-corrected chi connectivity index (χ3v) is 5.13. The standard InChI is InChI=1S/C13H15IN4S/c1-7-6-19-10(16-7)5-9-17-12(8-3-4-8)11(14)13(15-2)18-9/h6,8H,3-5H2,1-2H3,(H,15,17,18). The maximum atomic E-state index is 4.76. The molecule has 0 unspecified atom stereocenters. The number of hydrogen-bond donors (Lipinski definition) is 1. The van der Waals surface area contributed by atoms with Crippen molar-refractivity contribution in [3.63, 3.8) is 0 Å². The second kappa shape index (κ2) is 5.32. The first kappa shape index (κ1) is 13.2. The van der Waals surface area contributed by atoms with Crippen molar-refractivity contribution in [3.8, 4) is 0 Å². The van der Waals surface area contributed by atoms with E-state index in [9.17, 15) is 0 Å². The zero-order chi connectivity index (χ0) is 13.4. The lowest BCUT2D eigenvalue weighted by atomic mass is 10.2. The Balaban J connectivity index is 1.94. The first-order valence-corrected chi connectivity index (χ1v) is 8.28. The second-order valence-corrected chi connectivity index (χ2v) is 6.79. The lowest BCUT2D eigenvalue weighted by molar-refractivity contribution is 0.885. The van der Waals surface area contributed by atoms with Crippen LogP contribution < -0.4 is 5.32 Å². The molecule has 0 atom stereocenters. The van der Waals surface area contributed by atoms with E-state index in [0.29, 0.717) is 5.92 Å². The summed E-state index contributed by atoms with van der Waals surface area (Å²) in [5.41, 5.74) is 2.28. The summed E-state index contributed by atoms with van der Waals surface area (Å²) >= 11 is 4.03. The van der Waals surface area contributed by atoms with Crippen molar-refractivity contribution >= 4 is 39.7 Å². The molecule has 2 heterocycles. The quantitative estimate of drug-likeness (QED) is 0.819. The van der Waals surface area contributed by atoms with Crippen LogP contribution in [0.15, 0.2) is 5.38 Å². The van der Waals surface area contributed by atoms with Gasteiger partial charge in [-0.05, 0) is 42.4 Å². The molecule has 0 spiro atoms. The average Bonchev–Trinajstić information content (AvgIpc) is 3.15. The normalized spacial score (nSPS) is 14.7. The van der Waals surface area contributed by atoms with Crippen molar-refractivity contribution in [2.75, 3.05) is 12.4 Å². The predicted molar refractivity (Wildman–Crippen MR) is 85.9 cm³/mol. The lowest BCUT2D eigenvalue weighted by Gasteiger charge is -2.10. The summed E-state index contributed by atoms with van der Waals surface area (Å²) in [4.78, 5) is 13.8. The van der Waals surface area contributed by atoms with Crippen LogP contribution in [0.4, 0.5) is 5.82 Å². The van der Waals surface area contributed by atoms with Crippen LogP contribution in [-0.2, 0) is 6.42 Å². The molecule has 1 aliphatic rings. The largest absolute Gasteiger partial charge is 0.372 e. The molecule has 4 nitrogen and oxygen atoms in total. The van der Waals surface area contributed by atoms with Crippen molar-refractivity contribution in [2.24, 2.45) is 0 Å². The van der Waals surface area contributed by atoms with E-state index in [1.165, 1.54) is 22.1 Å². The topological polar surface area (TPSA) is 50.7 Å². The van der Waals surface area contributed by atoms with Gasteiger partial charge in [-0.25, -0.2) is 15.0 Å². The molecule has 1 N–H and O–H groups in total. The highest BCUT2D eigenvalue weighted by Gasteiger charge is 2.29. The maximum Gasteiger partial charge on any atom is 0.143 e. The minimum Gasteiger partial charge on any atom is -0.372 e. The van der Waals surface area contributed by atoms with Gasteiger partial charge in [0, 0.05) is 24.0 Å². The molecule has 1 saturated carbocycles. The van der Waals surface area contributed by atoms with Gasteiger partial charge in [0.2, 0.25) is 0 Å². The number of hydrogen-bond acceptors (Lipinski definition) is 5. The Bertz CT molecular complexity index is 607. The molecule has 2 aromatic heterocycles. The lowest BCUT2D eigenvalue weighted by Crippen LogP contribution is -2.07. The fourth-order valence-electron chi connectivity index (χ4n) is 2.00. The van der Waals surface area contributed by atoms with E-state index in [1.807, 2.05) is 14.0 Å². The molecular weight excluding hydrogens is 371 g/mol. The van der Waals surface area contributed by atoms with Gasteiger partial charge in [0.25, 0.3) is 0 Å². The number of aromatic nitrogens is 3. The number of nitrogens with one attached hydrogen (secondary N) is 1. The minimum absolute atomic E-state index is 0.638. The number of rotatable bonds is 4. The highest BCUT2D eigenvalue weighted by molar-refractivity contribution is 14.1. The second-order valence-electron chi connectivity index (χ2n) is 4.77. The third kappa shape index (κ3) is 2.89. The van der Waals surface area contributed by atoms with Crippen LogP contribution >= 0.6 is 33.9 Å². The molecule has 0 radical (unpaired) electrons. The van der Waals surface area contributed by atoms with Crippen LogP contribution in [0.1, 0.15) is 41.0 Å². The molecule has 0 aromatic carbocycles. The van der Waals surface area contributed by atoms with Gasteiger partial charge < -0.3 is 5.32 Å². The number of anilines is 1. The van der Waals surface area contributed by atoms with E-state index in [1.54, 1.807) is 11.3 Å². The first-order valence-electron chi connectivity index (χ1n) is 6.32. The molecule has 6 heteroatoms. The van der Waals surface area contributed by atoms with E-state index in [-0.39, 0.29) is 0 Å². The molecule has 100 valence electrons. The SMILES string of the molecule is CNc1nc(Cc2nc(C)cs2)nc(C2CC2)c1I. The van der Waals surface area contributed by atoms with Gasteiger partial charge in [0.1, 0.15) is 16.6 Å². The number of nitrogens with zero attached hydrogens (tertiary/aromatic N) is 3. The fraction of sp³-hybridized carbons (Fsp3) is 0.462. The van der Waals surface area contributed by atoms with E-state index in [0.717, 1.165) is 28.8 Å². The summed E-state index contributed by atoms with van der Waals surface area (Å²) in [5.74, 6) is 2.46. The van der Waals surface area contributed by atoms with Crippen molar-refractivity contribution in [1.29, 1.82) is 0 Å². The maximum absolute atomic E-state index is 4.76. The number of thiazole rings is 1. The van der Waals surface area contributed by atoms with Crippen molar-refractivity contribution in [3.05, 3.63) is 31.2 Å². The summed E-state index contributed by atoms with van der Waals surface area (Å²) in [6.45, 7) is 2.02. The Labute approximate surface area is 130 Å². The highest BCUT2D eigenvalue weighted by atomic mass is 127. The summed E-state index contributed by atoms with van der Waals surface area (Å²) in [6.07, 6.45) is 3.24. The third-order valence-electron chi connectivity index (χ3n) is 3.10. The zero-order valence-corrected chi connectivity index (χ0v) is 13.9. The van der Waals surface area contributed by atoms with Crippen LogP contribution in [0.3, 0.4) is 0 Å². The van der Waals surface area contributed by atoms with Crippen LogP contribution in [-0.4, -0.2) is 22.0 Å². The number of halogens is 1. The van der Waals surface area contributed by atoms with Gasteiger partial charge in [-0.2, -0.15) is 0 Å². The van der Waals surface area contributed by atoms with Crippen LogP contribution in [0.5, 0.6) is 0 Å². The molecular formula is C13H15IN4S. The number of aryl methyl sites for hydroxylation is 1. The van der Waals surface area contributed by atoms with E-state index < -0.39 is 0 Å². The van der Waals surface area contributed by atoms with Crippen LogP contribution in [0, 0.1) is 10.5 Å². The van der Waals surface area contributed by atoms with Gasteiger partial charge in [0.05, 0.1) is 15.7 Å². The molecule has 0 bridgehead atoms. The molecule has 1 fully saturated rings. The predicted octanol–water partition coefficient (Wildman–Crippen LogP) is 3.36. The Morgan fingerprint density at radius 2 is 2.16 bits per heavy atom. The Morgan fingerprint density at radius 1 is 1.37 bits per heavy atom. The first-order chi connectivity index (χ1) is 9.17. The molecule has 3 rings (SSSR count). The molecule has 2 aromatic rings. The molecule has 0 amide bonds. The van der Waals surface area contributed by atoms with E-state index in [2.05, 4.69) is 43.3 Å². The highest BCUT2D eigenvalue weighted by Crippen LogP contribution is 2.42. The Kier molecular flexibility index (Phi) is 3.70. The van der Waals surface area contributed by atoms with Crippen LogP contribution in [0.25, 0.3) is 0 Å².